The normalized spacial score (nSPS) is 14.2. The molecule has 1 aromatic heterocycles. The summed E-state index contributed by atoms with van der Waals surface area (Å²) in [7, 11) is 0. The number of hydrogen-bond acceptors (Lipinski definition) is 4. The van der Waals surface area contributed by atoms with Crippen LogP contribution in [-0.2, 0) is 24.3 Å². The highest BCUT2D eigenvalue weighted by Gasteiger charge is 2.30. The van der Waals surface area contributed by atoms with E-state index >= 15 is 0 Å². The average Bonchev–Trinajstić information content (AvgIpc) is 2.52. The zero-order valence-corrected chi connectivity index (χ0v) is 11.5. The number of fused-ring (bicyclic) bond motifs is 1. The van der Waals surface area contributed by atoms with Crippen molar-refractivity contribution < 1.29 is 9.59 Å². The lowest BCUT2D eigenvalue weighted by Gasteiger charge is -2.27. The molecule has 3 rings (SSSR count). The van der Waals surface area contributed by atoms with Gasteiger partial charge in [-0.1, -0.05) is 24.3 Å². The van der Waals surface area contributed by atoms with Gasteiger partial charge in [0.15, 0.2) is 0 Å². The van der Waals surface area contributed by atoms with Crippen LogP contribution in [0.15, 0.2) is 42.6 Å². The maximum atomic E-state index is 12.5. The first-order valence-electron chi connectivity index (χ1n) is 6.76. The summed E-state index contributed by atoms with van der Waals surface area (Å²) in [5.74, 6) is -0.445. The van der Waals surface area contributed by atoms with Crippen molar-refractivity contribution in [2.75, 3.05) is 0 Å². The molecule has 5 heteroatoms. The van der Waals surface area contributed by atoms with Gasteiger partial charge in [0.25, 0.3) is 5.91 Å². The van der Waals surface area contributed by atoms with Gasteiger partial charge in [-0.05, 0) is 23.3 Å². The fraction of sp³-hybridized carbons (Fsp3) is 0.188. The average molecular weight is 281 g/mol. The maximum absolute atomic E-state index is 12.5. The number of nitrogens with zero attached hydrogens (tertiary/aromatic N) is 2. The number of pyridine rings is 1. The Kier molecular flexibility index (Phi) is 3.50. The van der Waals surface area contributed by atoms with Gasteiger partial charge in [0, 0.05) is 18.3 Å². The Bertz CT molecular complexity index is 712. The molecule has 0 saturated carbocycles. The lowest BCUT2D eigenvalue weighted by molar-refractivity contribution is -0.128. The first-order valence-corrected chi connectivity index (χ1v) is 6.76. The third-order valence-electron chi connectivity index (χ3n) is 3.64. The summed E-state index contributed by atoms with van der Waals surface area (Å²) < 4.78 is 0. The van der Waals surface area contributed by atoms with Crippen molar-refractivity contribution in [3.63, 3.8) is 0 Å². The Morgan fingerprint density at radius 3 is 2.76 bits per heavy atom. The molecule has 2 heterocycles. The van der Waals surface area contributed by atoms with Crippen LogP contribution in [0.3, 0.4) is 0 Å². The summed E-state index contributed by atoms with van der Waals surface area (Å²) in [5.41, 5.74) is 8.54. The lowest BCUT2D eigenvalue weighted by atomic mass is 9.98. The number of amides is 2. The van der Waals surface area contributed by atoms with Crippen LogP contribution >= 0.6 is 0 Å². The van der Waals surface area contributed by atoms with E-state index in [1.807, 2.05) is 18.2 Å². The van der Waals surface area contributed by atoms with Crippen LogP contribution < -0.4 is 5.73 Å². The zero-order chi connectivity index (χ0) is 14.8. The van der Waals surface area contributed by atoms with Gasteiger partial charge in [-0.3, -0.25) is 19.5 Å². The minimum atomic E-state index is -0.256. The van der Waals surface area contributed by atoms with Crippen LogP contribution in [-0.4, -0.2) is 21.7 Å². The van der Waals surface area contributed by atoms with Gasteiger partial charge in [0.05, 0.1) is 18.7 Å². The monoisotopic (exact) mass is 281 g/mol. The summed E-state index contributed by atoms with van der Waals surface area (Å²) >= 11 is 0. The fourth-order valence-corrected chi connectivity index (χ4v) is 2.53. The predicted molar refractivity (Wildman–Crippen MR) is 77.2 cm³/mol. The molecule has 2 N–H and O–H groups in total. The van der Waals surface area contributed by atoms with Crippen molar-refractivity contribution in [1.82, 2.24) is 9.88 Å². The molecule has 0 aliphatic carbocycles. The van der Waals surface area contributed by atoms with E-state index in [2.05, 4.69) is 4.98 Å². The fourth-order valence-electron chi connectivity index (χ4n) is 2.53. The topological polar surface area (TPSA) is 76.3 Å². The van der Waals surface area contributed by atoms with Crippen molar-refractivity contribution in [2.45, 2.75) is 19.5 Å². The quantitative estimate of drug-likeness (QED) is 0.859. The Morgan fingerprint density at radius 1 is 1.14 bits per heavy atom. The lowest BCUT2D eigenvalue weighted by Crippen LogP contribution is -2.41. The van der Waals surface area contributed by atoms with Crippen molar-refractivity contribution in [3.05, 3.63) is 65.0 Å². The van der Waals surface area contributed by atoms with E-state index in [9.17, 15) is 9.59 Å². The van der Waals surface area contributed by atoms with Crippen molar-refractivity contribution in [3.8, 4) is 0 Å². The number of carbonyl (C=O) groups is 2. The van der Waals surface area contributed by atoms with Gasteiger partial charge >= 0.3 is 0 Å². The molecular formula is C16H15N3O2. The van der Waals surface area contributed by atoms with Crippen LogP contribution in [0.4, 0.5) is 0 Å². The molecule has 0 unspecified atom stereocenters. The highest BCUT2D eigenvalue weighted by molar-refractivity contribution is 6.09. The second kappa shape index (κ2) is 5.46. The number of aromatic nitrogens is 1. The third-order valence-corrected chi connectivity index (χ3v) is 3.64. The highest BCUT2D eigenvalue weighted by atomic mass is 16.2. The molecule has 106 valence electrons. The van der Waals surface area contributed by atoms with E-state index in [1.165, 1.54) is 4.90 Å². The molecule has 0 radical (unpaired) electrons. The van der Waals surface area contributed by atoms with Gasteiger partial charge in [-0.25, -0.2) is 0 Å². The van der Waals surface area contributed by atoms with Gasteiger partial charge in [-0.2, -0.15) is 0 Å². The molecule has 2 amide bonds. The Morgan fingerprint density at radius 2 is 1.95 bits per heavy atom. The van der Waals surface area contributed by atoms with E-state index < -0.39 is 0 Å². The largest absolute Gasteiger partial charge is 0.325 e. The van der Waals surface area contributed by atoms with Crippen molar-refractivity contribution >= 4 is 11.8 Å². The van der Waals surface area contributed by atoms with E-state index in [-0.39, 0.29) is 31.3 Å². The number of benzene rings is 1. The number of carbonyl (C=O) groups excluding carboxylic acids is 2. The minimum Gasteiger partial charge on any atom is -0.325 e. The summed E-state index contributed by atoms with van der Waals surface area (Å²) in [5, 5.41) is 0. The number of hydrogen-bond donors (Lipinski definition) is 1. The minimum absolute atomic E-state index is 0.189. The van der Waals surface area contributed by atoms with Crippen LogP contribution in [0.25, 0.3) is 0 Å². The number of rotatable bonds is 3. The molecule has 1 aliphatic rings. The molecule has 1 aromatic carbocycles. The van der Waals surface area contributed by atoms with Gasteiger partial charge in [-0.15, -0.1) is 0 Å². The van der Waals surface area contributed by atoms with Crippen LogP contribution in [0.1, 0.15) is 27.2 Å². The third kappa shape index (κ3) is 2.43. The molecule has 1 aliphatic heterocycles. The van der Waals surface area contributed by atoms with Crippen molar-refractivity contribution in [2.24, 2.45) is 5.73 Å². The van der Waals surface area contributed by atoms with Gasteiger partial charge in [0.1, 0.15) is 0 Å². The van der Waals surface area contributed by atoms with Crippen LogP contribution in [0, 0.1) is 0 Å². The molecule has 0 fully saturated rings. The Hall–Kier alpha value is -2.53. The molecule has 21 heavy (non-hydrogen) atoms. The van der Waals surface area contributed by atoms with E-state index in [0.717, 1.165) is 11.1 Å². The molecule has 0 bridgehead atoms. The molecule has 0 saturated heterocycles. The Balaban J connectivity index is 1.93. The van der Waals surface area contributed by atoms with Gasteiger partial charge < -0.3 is 5.73 Å². The SMILES string of the molecule is NCc1ncccc1CN1C(=O)Cc2ccccc2C1=O. The van der Waals surface area contributed by atoms with E-state index in [0.29, 0.717) is 11.3 Å². The first kappa shape index (κ1) is 13.5. The van der Waals surface area contributed by atoms with E-state index in [4.69, 9.17) is 5.73 Å². The molecule has 5 nitrogen and oxygen atoms in total. The number of imide groups is 1. The van der Waals surface area contributed by atoms with Crippen molar-refractivity contribution in [1.29, 1.82) is 0 Å². The second-order valence-electron chi connectivity index (χ2n) is 4.93. The summed E-state index contributed by atoms with van der Waals surface area (Å²) in [6, 6.07) is 10.8. The Labute approximate surface area is 122 Å². The molecule has 2 aromatic rings. The predicted octanol–water partition coefficient (Wildman–Crippen LogP) is 1.27. The standard InChI is InChI=1S/C16H15N3O2/c17-9-14-12(5-3-7-18-14)10-19-15(20)8-11-4-1-2-6-13(11)16(19)21/h1-7H,8-10,17H2. The molecule has 0 spiro atoms. The van der Waals surface area contributed by atoms with Crippen LogP contribution in [0.2, 0.25) is 0 Å². The smallest absolute Gasteiger partial charge is 0.261 e. The van der Waals surface area contributed by atoms with Gasteiger partial charge in [0.2, 0.25) is 5.91 Å². The van der Waals surface area contributed by atoms with E-state index in [1.54, 1.807) is 24.4 Å². The first-order chi connectivity index (χ1) is 10.2. The zero-order valence-electron chi connectivity index (χ0n) is 11.5. The maximum Gasteiger partial charge on any atom is 0.261 e. The molecule has 0 atom stereocenters. The highest BCUT2D eigenvalue weighted by Crippen LogP contribution is 2.21. The van der Waals surface area contributed by atoms with Crippen LogP contribution in [0.5, 0.6) is 0 Å². The summed E-state index contributed by atoms with van der Waals surface area (Å²) in [6.07, 6.45) is 1.90. The second-order valence-corrected chi connectivity index (χ2v) is 4.93. The molecular weight excluding hydrogens is 266 g/mol. The summed E-state index contributed by atoms with van der Waals surface area (Å²) in [6.45, 7) is 0.495. The number of nitrogens with two attached hydrogens (primary N) is 1. The summed E-state index contributed by atoms with van der Waals surface area (Å²) in [4.78, 5) is 30.2.